The average molecular weight is 262 g/mol. The first-order valence-corrected chi connectivity index (χ1v) is 7.20. The lowest BCUT2D eigenvalue weighted by Crippen LogP contribution is -2.47. The molecular weight excluding hydrogens is 240 g/mol. The van der Waals surface area contributed by atoms with Crippen LogP contribution in [0.1, 0.15) is 13.3 Å². The second-order valence-corrected chi connectivity index (χ2v) is 5.32. The van der Waals surface area contributed by atoms with Gasteiger partial charge >= 0.3 is 0 Å². The van der Waals surface area contributed by atoms with Crippen molar-refractivity contribution in [1.82, 2.24) is 10.6 Å². The molecule has 0 aromatic carbocycles. The van der Waals surface area contributed by atoms with Crippen molar-refractivity contribution >= 4 is 17.7 Å². The van der Waals surface area contributed by atoms with Crippen LogP contribution in [0.15, 0.2) is 0 Å². The molecule has 0 bridgehead atoms. The maximum atomic E-state index is 11.8. The zero-order chi connectivity index (χ0) is 12.7. The number of amides is 1. The zero-order valence-corrected chi connectivity index (χ0v) is 11.3. The van der Waals surface area contributed by atoms with E-state index in [-0.39, 0.29) is 29.8 Å². The maximum absolute atomic E-state index is 11.8. The van der Waals surface area contributed by atoms with E-state index in [4.69, 9.17) is 9.84 Å². The molecule has 0 spiro atoms. The summed E-state index contributed by atoms with van der Waals surface area (Å²) >= 11 is 1.56. The van der Waals surface area contributed by atoms with Gasteiger partial charge in [0.15, 0.2) is 0 Å². The van der Waals surface area contributed by atoms with Crippen molar-refractivity contribution < 1.29 is 14.6 Å². The lowest BCUT2D eigenvalue weighted by molar-refractivity contribution is -0.122. The van der Waals surface area contributed by atoms with Gasteiger partial charge in [-0.25, -0.2) is 0 Å². The fourth-order valence-electron chi connectivity index (χ4n) is 1.82. The van der Waals surface area contributed by atoms with Crippen LogP contribution in [0.5, 0.6) is 0 Å². The Hall–Kier alpha value is -0.300. The SMILES string of the molecule is CSC(CO)C(C)NC(=O)CC1COCCN1. The Kier molecular flexibility index (Phi) is 6.87. The first kappa shape index (κ1) is 14.8. The van der Waals surface area contributed by atoms with Gasteiger partial charge < -0.3 is 20.5 Å². The van der Waals surface area contributed by atoms with Crippen molar-refractivity contribution in [3.05, 3.63) is 0 Å². The molecule has 1 amide bonds. The molecule has 1 saturated heterocycles. The Morgan fingerprint density at radius 3 is 3.00 bits per heavy atom. The lowest BCUT2D eigenvalue weighted by Gasteiger charge is -2.25. The van der Waals surface area contributed by atoms with Crippen molar-refractivity contribution in [2.75, 3.05) is 32.6 Å². The normalized spacial score (nSPS) is 24.1. The van der Waals surface area contributed by atoms with Crippen LogP contribution in [0.25, 0.3) is 0 Å². The second kappa shape index (κ2) is 7.92. The summed E-state index contributed by atoms with van der Waals surface area (Å²) in [6, 6.07) is 0.0878. The summed E-state index contributed by atoms with van der Waals surface area (Å²) in [4.78, 5) is 11.8. The van der Waals surface area contributed by atoms with Crippen molar-refractivity contribution in [3.63, 3.8) is 0 Å². The van der Waals surface area contributed by atoms with Gasteiger partial charge in [0.1, 0.15) is 0 Å². The summed E-state index contributed by atoms with van der Waals surface area (Å²) in [6.45, 7) is 4.10. The summed E-state index contributed by atoms with van der Waals surface area (Å²) in [5.41, 5.74) is 0. The predicted molar refractivity (Wildman–Crippen MR) is 69.2 cm³/mol. The molecule has 0 radical (unpaired) electrons. The molecule has 1 aliphatic heterocycles. The minimum Gasteiger partial charge on any atom is -0.395 e. The van der Waals surface area contributed by atoms with Crippen molar-refractivity contribution in [2.45, 2.75) is 30.7 Å². The largest absolute Gasteiger partial charge is 0.395 e. The van der Waals surface area contributed by atoms with E-state index < -0.39 is 0 Å². The van der Waals surface area contributed by atoms with Gasteiger partial charge in [0, 0.05) is 30.3 Å². The van der Waals surface area contributed by atoms with Gasteiger partial charge in [-0.1, -0.05) is 0 Å². The van der Waals surface area contributed by atoms with Crippen LogP contribution in [0, 0.1) is 0 Å². The van der Waals surface area contributed by atoms with Gasteiger partial charge in [0.05, 0.1) is 19.8 Å². The number of rotatable bonds is 6. The molecule has 1 rings (SSSR count). The van der Waals surface area contributed by atoms with E-state index in [1.54, 1.807) is 11.8 Å². The summed E-state index contributed by atoms with van der Waals surface area (Å²) in [5.74, 6) is 0.00741. The Balaban J connectivity index is 2.27. The summed E-state index contributed by atoms with van der Waals surface area (Å²) in [6.07, 6.45) is 2.36. The second-order valence-electron chi connectivity index (χ2n) is 4.24. The molecule has 0 aromatic rings. The third-order valence-corrected chi connectivity index (χ3v) is 4.02. The van der Waals surface area contributed by atoms with Gasteiger partial charge in [-0.05, 0) is 13.2 Å². The summed E-state index contributed by atoms with van der Waals surface area (Å²) < 4.78 is 5.29. The van der Waals surface area contributed by atoms with Crippen LogP contribution in [0.3, 0.4) is 0 Å². The Morgan fingerprint density at radius 1 is 1.71 bits per heavy atom. The molecule has 17 heavy (non-hydrogen) atoms. The minimum atomic E-state index is -0.0213. The number of aliphatic hydroxyl groups is 1. The number of nitrogens with one attached hydrogen (secondary N) is 2. The van der Waals surface area contributed by atoms with Gasteiger partial charge in [-0.2, -0.15) is 11.8 Å². The van der Waals surface area contributed by atoms with Crippen molar-refractivity contribution in [1.29, 1.82) is 0 Å². The molecule has 1 fully saturated rings. The number of carbonyl (C=O) groups is 1. The molecule has 100 valence electrons. The number of morpholine rings is 1. The van der Waals surface area contributed by atoms with Crippen LogP contribution < -0.4 is 10.6 Å². The number of thioether (sulfide) groups is 1. The van der Waals surface area contributed by atoms with Crippen LogP contribution in [-0.2, 0) is 9.53 Å². The summed E-state index contributed by atoms with van der Waals surface area (Å²) in [7, 11) is 0. The predicted octanol–water partition coefficient (Wildman–Crippen LogP) is -0.406. The topological polar surface area (TPSA) is 70.6 Å². The van der Waals surface area contributed by atoms with Crippen LogP contribution in [-0.4, -0.2) is 61.0 Å². The molecule has 5 nitrogen and oxygen atoms in total. The molecule has 0 aromatic heterocycles. The van der Waals surface area contributed by atoms with E-state index in [0.717, 1.165) is 6.54 Å². The molecule has 3 atom stereocenters. The highest BCUT2D eigenvalue weighted by Gasteiger charge is 2.21. The van der Waals surface area contributed by atoms with E-state index in [2.05, 4.69) is 10.6 Å². The highest BCUT2D eigenvalue weighted by molar-refractivity contribution is 7.99. The van der Waals surface area contributed by atoms with Crippen molar-refractivity contribution in [3.8, 4) is 0 Å². The molecule has 3 unspecified atom stereocenters. The van der Waals surface area contributed by atoms with Crippen LogP contribution >= 0.6 is 11.8 Å². The van der Waals surface area contributed by atoms with E-state index in [0.29, 0.717) is 19.6 Å². The van der Waals surface area contributed by atoms with E-state index in [9.17, 15) is 4.79 Å². The highest BCUT2D eigenvalue weighted by Crippen LogP contribution is 2.10. The molecule has 6 heteroatoms. The monoisotopic (exact) mass is 262 g/mol. The molecule has 0 saturated carbocycles. The average Bonchev–Trinajstić information content (AvgIpc) is 2.31. The molecular formula is C11H22N2O3S. The Bertz CT molecular complexity index is 231. The fourth-order valence-corrected chi connectivity index (χ4v) is 2.44. The van der Waals surface area contributed by atoms with Crippen molar-refractivity contribution in [2.24, 2.45) is 0 Å². The Labute approximate surface area is 107 Å². The van der Waals surface area contributed by atoms with Gasteiger partial charge in [-0.15, -0.1) is 0 Å². The van der Waals surface area contributed by atoms with E-state index in [1.165, 1.54) is 0 Å². The quantitative estimate of drug-likeness (QED) is 0.607. The number of hydrogen-bond donors (Lipinski definition) is 3. The van der Waals surface area contributed by atoms with Gasteiger partial charge in [0.2, 0.25) is 5.91 Å². The Morgan fingerprint density at radius 2 is 2.47 bits per heavy atom. The van der Waals surface area contributed by atoms with Crippen LogP contribution in [0.2, 0.25) is 0 Å². The third kappa shape index (κ3) is 5.25. The molecule has 1 aliphatic rings. The zero-order valence-electron chi connectivity index (χ0n) is 10.4. The number of carbonyl (C=O) groups excluding carboxylic acids is 1. The minimum absolute atomic E-state index is 0.00741. The van der Waals surface area contributed by atoms with Gasteiger partial charge in [-0.3, -0.25) is 4.79 Å². The molecule has 1 heterocycles. The number of aliphatic hydroxyl groups excluding tert-OH is 1. The fraction of sp³-hybridized carbons (Fsp3) is 0.909. The van der Waals surface area contributed by atoms with E-state index in [1.807, 2.05) is 13.2 Å². The summed E-state index contributed by atoms with van der Waals surface area (Å²) in [5, 5.41) is 15.3. The first-order chi connectivity index (χ1) is 8.17. The third-order valence-electron chi connectivity index (χ3n) is 2.86. The standard InChI is InChI=1S/C11H22N2O3S/c1-8(10(6-14)17-2)13-11(15)5-9-7-16-4-3-12-9/h8-10,12,14H,3-7H2,1-2H3,(H,13,15). The molecule has 3 N–H and O–H groups in total. The smallest absolute Gasteiger partial charge is 0.221 e. The van der Waals surface area contributed by atoms with Gasteiger partial charge in [0.25, 0.3) is 0 Å². The lowest BCUT2D eigenvalue weighted by atomic mass is 10.1. The highest BCUT2D eigenvalue weighted by atomic mass is 32.2. The number of ether oxygens (including phenoxy) is 1. The maximum Gasteiger partial charge on any atom is 0.221 e. The van der Waals surface area contributed by atoms with E-state index >= 15 is 0 Å². The number of hydrogen-bond acceptors (Lipinski definition) is 5. The first-order valence-electron chi connectivity index (χ1n) is 5.91. The molecule has 0 aliphatic carbocycles. The van der Waals surface area contributed by atoms with Crippen LogP contribution in [0.4, 0.5) is 0 Å².